The summed E-state index contributed by atoms with van der Waals surface area (Å²) >= 11 is 5.70. The van der Waals surface area contributed by atoms with Gasteiger partial charge < -0.3 is 15.6 Å². The molecule has 0 saturated carbocycles. The summed E-state index contributed by atoms with van der Waals surface area (Å²) in [5, 5.41) is 9.07. The average molecular weight is 228 g/mol. The third-order valence-electron chi connectivity index (χ3n) is 1.66. The molecule has 4 nitrogen and oxygen atoms in total. The number of benzene rings is 1. The summed E-state index contributed by atoms with van der Waals surface area (Å²) in [5.41, 5.74) is 5.79. The quantitative estimate of drug-likeness (QED) is 0.615. The van der Waals surface area contributed by atoms with Gasteiger partial charge in [0.05, 0.1) is 17.0 Å². The molecule has 0 atom stereocenters. The van der Waals surface area contributed by atoms with Gasteiger partial charge in [-0.25, -0.2) is 4.79 Å². The van der Waals surface area contributed by atoms with Gasteiger partial charge in [0.15, 0.2) is 0 Å². The molecule has 0 heterocycles. The highest BCUT2D eigenvalue weighted by atomic mass is 35.5. The van der Waals surface area contributed by atoms with E-state index in [4.69, 9.17) is 27.2 Å². The molecule has 0 radical (unpaired) electrons. The van der Waals surface area contributed by atoms with Crippen molar-refractivity contribution in [2.45, 2.75) is 6.92 Å². The minimum Gasteiger partial charge on any atom is -0.478 e. The zero-order chi connectivity index (χ0) is 11.4. The van der Waals surface area contributed by atoms with Crippen molar-refractivity contribution >= 4 is 23.3 Å². The van der Waals surface area contributed by atoms with E-state index in [0.717, 1.165) is 0 Å². The number of nitrogens with two attached hydrogens (primary N) is 1. The van der Waals surface area contributed by atoms with Gasteiger partial charge in [0.25, 0.3) is 0 Å². The van der Waals surface area contributed by atoms with E-state index < -0.39 is 5.97 Å². The van der Waals surface area contributed by atoms with E-state index in [2.05, 4.69) is 0 Å². The van der Waals surface area contributed by atoms with Crippen molar-refractivity contribution in [2.75, 3.05) is 5.73 Å². The molecule has 0 spiro atoms. The standard InChI is InChI=1S/C10H10ClNO3/c1-2-3-15-9-5-8(12)7(11)4-6(9)10(13)14/h2-5H,12H2,1H3,(H,13,14)/b3-2-. The smallest absolute Gasteiger partial charge is 0.339 e. The molecule has 1 aromatic rings. The molecule has 0 aromatic heterocycles. The van der Waals surface area contributed by atoms with E-state index in [1.165, 1.54) is 18.4 Å². The maximum Gasteiger partial charge on any atom is 0.339 e. The van der Waals surface area contributed by atoms with Crippen LogP contribution in [0.25, 0.3) is 0 Å². The number of aromatic carboxylic acids is 1. The molecule has 0 aliphatic rings. The van der Waals surface area contributed by atoms with Crippen LogP contribution in [-0.4, -0.2) is 11.1 Å². The molecule has 1 rings (SSSR count). The van der Waals surface area contributed by atoms with Crippen molar-refractivity contribution in [1.82, 2.24) is 0 Å². The van der Waals surface area contributed by atoms with Gasteiger partial charge >= 0.3 is 5.97 Å². The molecule has 3 N–H and O–H groups in total. The van der Waals surface area contributed by atoms with Crippen molar-refractivity contribution in [3.05, 3.63) is 35.1 Å². The zero-order valence-corrected chi connectivity index (χ0v) is 8.78. The molecule has 0 aliphatic heterocycles. The zero-order valence-electron chi connectivity index (χ0n) is 8.03. The molecule has 80 valence electrons. The SMILES string of the molecule is C/C=C\Oc1cc(N)c(Cl)cc1C(=O)O. The fourth-order valence-electron chi connectivity index (χ4n) is 0.975. The number of ether oxygens (including phenoxy) is 1. The van der Waals surface area contributed by atoms with Gasteiger partial charge in [0.2, 0.25) is 0 Å². The number of halogens is 1. The van der Waals surface area contributed by atoms with Crippen molar-refractivity contribution in [3.63, 3.8) is 0 Å². The first kappa shape index (κ1) is 11.4. The third-order valence-corrected chi connectivity index (χ3v) is 1.99. The Bertz CT molecular complexity index is 415. The summed E-state index contributed by atoms with van der Waals surface area (Å²) in [6.07, 6.45) is 3.01. The number of carboxylic acid groups (broad SMARTS) is 1. The number of rotatable bonds is 3. The minimum absolute atomic E-state index is 0.0210. The lowest BCUT2D eigenvalue weighted by Crippen LogP contribution is -2.01. The number of nitrogen functional groups attached to an aromatic ring is 1. The van der Waals surface area contributed by atoms with Crippen LogP contribution in [-0.2, 0) is 0 Å². The van der Waals surface area contributed by atoms with Crippen molar-refractivity contribution in [3.8, 4) is 5.75 Å². The molecule has 5 heteroatoms. The Hall–Kier alpha value is -1.68. The molecule has 0 bridgehead atoms. The first-order chi connectivity index (χ1) is 7.06. The number of allylic oxidation sites excluding steroid dienone is 1. The third kappa shape index (κ3) is 2.63. The molecule has 0 saturated heterocycles. The Kier molecular flexibility index (Phi) is 3.57. The van der Waals surface area contributed by atoms with Gasteiger partial charge in [-0.2, -0.15) is 0 Å². The molecular formula is C10H10ClNO3. The van der Waals surface area contributed by atoms with Crippen molar-refractivity contribution in [1.29, 1.82) is 0 Å². The fourth-order valence-corrected chi connectivity index (χ4v) is 1.14. The molecular weight excluding hydrogens is 218 g/mol. The van der Waals surface area contributed by atoms with Gasteiger partial charge in [0.1, 0.15) is 11.3 Å². The lowest BCUT2D eigenvalue weighted by atomic mass is 10.2. The van der Waals surface area contributed by atoms with E-state index in [-0.39, 0.29) is 22.0 Å². The van der Waals surface area contributed by atoms with Crippen LogP contribution in [0.4, 0.5) is 5.69 Å². The van der Waals surface area contributed by atoms with Crippen molar-refractivity contribution in [2.24, 2.45) is 0 Å². The maximum atomic E-state index is 10.8. The van der Waals surface area contributed by atoms with Crippen LogP contribution in [0, 0.1) is 0 Å². The van der Waals surface area contributed by atoms with Gasteiger partial charge in [-0.1, -0.05) is 17.7 Å². The molecule has 15 heavy (non-hydrogen) atoms. The summed E-state index contributed by atoms with van der Waals surface area (Å²) in [4.78, 5) is 10.8. The normalized spacial score (nSPS) is 10.5. The molecule has 0 fully saturated rings. The highest BCUT2D eigenvalue weighted by Gasteiger charge is 2.13. The largest absolute Gasteiger partial charge is 0.478 e. The topological polar surface area (TPSA) is 72.5 Å². The molecule has 0 unspecified atom stereocenters. The summed E-state index contributed by atoms with van der Waals surface area (Å²) in [7, 11) is 0. The first-order valence-electron chi connectivity index (χ1n) is 4.16. The predicted octanol–water partition coefficient (Wildman–Crippen LogP) is 2.53. The van der Waals surface area contributed by atoms with Crippen LogP contribution in [0.15, 0.2) is 24.5 Å². The number of carboxylic acids is 1. The lowest BCUT2D eigenvalue weighted by Gasteiger charge is -2.07. The lowest BCUT2D eigenvalue weighted by molar-refractivity contribution is 0.0694. The van der Waals surface area contributed by atoms with E-state index >= 15 is 0 Å². The Morgan fingerprint density at radius 2 is 2.27 bits per heavy atom. The van der Waals surface area contributed by atoms with Crippen LogP contribution in [0.3, 0.4) is 0 Å². The average Bonchev–Trinajstić information content (AvgIpc) is 2.19. The van der Waals surface area contributed by atoms with E-state index in [9.17, 15) is 4.79 Å². The number of hydrogen-bond acceptors (Lipinski definition) is 3. The van der Waals surface area contributed by atoms with Crippen molar-refractivity contribution < 1.29 is 14.6 Å². The number of carbonyl (C=O) groups is 1. The summed E-state index contributed by atoms with van der Waals surface area (Å²) in [6.45, 7) is 1.75. The summed E-state index contributed by atoms with van der Waals surface area (Å²) in [6, 6.07) is 2.64. The maximum absolute atomic E-state index is 10.8. The second-order valence-electron chi connectivity index (χ2n) is 2.76. The van der Waals surface area contributed by atoms with Gasteiger partial charge in [0, 0.05) is 6.07 Å². The second-order valence-corrected chi connectivity index (χ2v) is 3.17. The highest BCUT2D eigenvalue weighted by Crippen LogP contribution is 2.29. The molecule has 0 aliphatic carbocycles. The first-order valence-corrected chi connectivity index (χ1v) is 4.54. The van der Waals surface area contributed by atoms with Crippen LogP contribution in [0.1, 0.15) is 17.3 Å². The van der Waals surface area contributed by atoms with Crippen LogP contribution in [0.5, 0.6) is 5.75 Å². The second kappa shape index (κ2) is 4.70. The Balaban J connectivity index is 3.21. The molecule has 0 amide bonds. The summed E-state index contributed by atoms with van der Waals surface area (Å²) < 4.78 is 5.08. The van der Waals surface area contributed by atoms with Gasteiger partial charge in [-0.05, 0) is 13.0 Å². The number of anilines is 1. The van der Waals surface area contributed by atoms with E-state index in [1.807, 2.05) is 0 Å². The fraction of sp³-hybridized carbons (Fsp3) is 0.100. The Labute approximate surface area is 91.9 Å². The monoisotopic (exact) mass is 227 g/mol. The minimum atomic E-state index is -1.11. The summed E-state index contributed by atoms with van der Waals surface area (Å²) in [5.74, 6) is -0.945. The Morgan fingerprint density at radius 3 is 2.80 bits per heavy atom. The van der Waals surface area contributed by atoms with Crippen LogP contribution in [0.2, 0.25) is 5.02 Å². The molecule has 1 aromatic carbocycles. The highest BCUT2D eigenvalue weighted by molar-refractivity contribution is 6.33. The van der Waals surface area contributed by atoms with Gasteiger partial charge in [-0.3, -0.25) is 0 Å². The number of hydrogen-bond donors (Lipinski definition) is 2. The predicted molar refractivity (Wildman–Crippen MR) is 58.3 cm³/mol. The van der Waals surface area contributed by atoms with E-state index in [0.29, 0.717) is 0 Å². The van der Waals surface area contributed by atoms with Crippen LogP contribution < -0.4 is 10.5 Å². The van der Waals surface area contributed by atoms with E-state index in [1.54, 1.807) is 13.0 Å². The Morgan fingerprint density at radius 1 is 1.60 bits per heavy atom. The van der Waals surface area contributed by atoms with Crippen LogP contribution >= 0.6 is 11.6 Å². The van der Waals surface area contributed by atoms with Gasteiger partial charge in [-0.15, -0.1) is 0 Å².